The molecule has 0 aromatic rings. The highest BCUT2D eigenvalue weighted by Crippen LogP contribution is 2.49. The minimum absolute atomic E-state index is 0.464. The van der Waals surface area contributed by atoms with Crippen molar-refractivity contribution in [3.63, 3.8) is 0 Å². The summed E-state index contributed by atoms with van der Waals surface area (Å²) in [7, 11) is 0. The average Bonchev–Trinajstić information content (AvgIpc) is 3.85. The number of halogens is 1. The fourth-order valence-corrected chi connectivity index (χ4v) is 11.7. The molecule has 0 atom stereocenters. The quantitative estimate of drug-likeness (QED) is 0.174. The van der Waals surface area contributed by atoms with Gasteiger partial charge in [0.05, 0.1) is 0 Å². The molecule has 0 nitrogen and oxygen atoms in total. The summed E-state index contributed by atoms with van der Waals surface area (Å²) in [5.74, 6) is 11.2. The first kappa shape index (κ1) is 54.9. The van der Waals surface area contributed by atoms with E-state index in [4.69, 9.17) is 0 Å². The fourth-order valence-electron chi connectivity index (χ4n) is 11.7. The van der Waals surface area contributed by atoms with E-state index in [2.05, 4.69) is 125 Å². The van der Waals surface area contributed by atoms with E-state index in [-0.39, 0.29) is 0 Å². The molecule has 0 aromatic carbocycles. The van der Waals surface area contributed by atoms with E-state index in [1.165, 1.54) is 128 Å². The third kappa shape index (κ3) is 25.5. The van der Waals surface area contributed by atoms with Gasteiger partial charge in [-0.1, -0.05) is 170 Å². The lowest BCUT2D eigenvalue weighted by atomic mass is 9.64. The van der Waals surface area contributed by atoms with Gasteiger partial charge in [0.1, 0.15) is 6.17 Å². The standard InChI is InChI=1S/C11H22.C10H20.3C9H18.C8H15F/c1-9(2)8-11(3,4)10-6-5-7-10;1-8(2)7-10(3,4)9-5-6-9;1-7(2)4-9-5-8(3)6-9;1-8(2)7-9(3)5-4-6-9;1-8(2)9-6-4-3-5-7-9;1-6(2)3-7-4-8(9)5-7/h9-10H,5-8H2,1-4H3;8-9H,5-7H2,1-4H3;7-9H,4-6H2,1-3H3;8H,4-7H2,1-3H3;8-9H,3-7H2,1-2H3;6-8H,3-5H2,1-2H3. The molecule has 0 spiro atoms. The van der Waals surface area contributed by atoms with Crippen molar-refractivity contribution in [1.82, 2.24) is 0 Å². The Morgan fingerprint density at radius 2 is 0.930 bits per heavy atom. The molecular weight excluding hydrogens is 692 g/mol. The van der Waals surface area contributed by atoms with Crippen LogP contribution in [0.2, 0.25) is 0 Å². The summed E-state index contributed by atoms with van der Waals surface area (Å²) in [6, 6.07) is 0. The Labute approximate surface area is 362 Å². The van der Waals surface area contributed by atoms with Crippen molar-refractivity contribution in [2.45, 2.75) is 272 Å². The van der Waals surface area contributed by atoms with Gasteiger partial charge in [0.15, 0.2) is 0 Å². The van der Waals surface area contributed by atoms with E-state index in [0.717, 1.165) is 83.4 Å². The van der Waals surface area contributed by atoms with Gasteiger partial charge >= 0.3 is 0 Å². The van der Waals surface area contributed by atoms with Crippen LogP contribution in [0.4, 0.5) is 4.39 Å². The summed E-state index contributed by atoms with van der Waals surface area (Å²) < 4.78 is 12.2. The zero-order valence-corrected chi connectivity index (χ0v) is 42.9. The maximum absolute atomic E-state index is 12.2. The normalized spacial score (nSPS) is 25.8. The molecule has 1 heteroatoms. The van der Waals surface area contributed by atoms with Crippen LogP contribution < -0.4 is 0 Å². The SMILES string of the molecule is CC(C)C1CCCCC1.CC(C)CC(C)(C)C1CC1.CC(C)CC(C)(C)C1CCC1.CC(C)CC1(C)CCC1.CC(C)CC1CC(C)C1.CC(C)CC1CC(F)C1. The molecule has 0 radical (unpaired) electrons. The maximum Gasteiger partial charge on any atom is 0.101 e. The van der Waals surface area contributed by atoms with E-state index < -0.39 is 6.17 Å². The van der Waals surface area contributed by atoms with Gasteiger partial charge in [0, 0.05) is 0 Å². The highest BCUT2D eigenvalue weighted by molar-refractivity contribution is 4.88. The summed E-state index contributed by atoms with van der Waals surface area (Å²) in [6.07, 6.45) is 30.4. The van der Waals surface area contributed by atoms with E-state index >= 15 is 0 Å². The molecular formula is C56H111F. The molecule has 0 aromatic heterocycles. The first-order valence-corrected chi connectivity index (χ1v) is 26.0. The predicted molar refractivity (Wildman–Crippen MR) is 258 cm³/mol. The van der Waals surface area contributed by atoms with Crippen LogP contribution in [0.25, 0.3) is 0 Å². The Bertz CT molecular complexity index is 927. The van der Waals surface area contributed by atoms with E-state index in [1.54, 1.807) is 0 Å². The second-order valence-corrected chi connectivity index (χ2v) is 25.6. The van der Waals surface area contributed by atoms with Crippen molar-refractivity contribution in [1.29, 1.82) is 0 Å². The average molecular weight is 804 g/mol. The first-order valence-electron chi connectivity index (χ1n) is 26.0. The van der Waals surface area contributed by atoms with Crippen molar-refractivity contribution in [3.05, 3.63) is 0 Å². The second kappa shape index (κ2) is 27.1. The van der Waals surface area contributed by atoms with Gasteiger partial charge in [-0.2, -0.15) is 0 Å². The van der Waals surface area contributed by atoms with Crippen LogP contribution >= 0.6 is 0 Å². The third-order valence-electron chi connectivity index (χ3n) is 15.1. The molecule has 342 valence electrons. The van der Waals surface area contributed by atoms with E-state index in [1.807, 2.05) is 0 Å². The molecule has 0 saturated heterocycles. The number of hydrogen-bond acceptors (Lipinski definition) is 0. The summed E-state index contributed by atoms with van der Waals surface area (Å²) in [5, 5.41) is 0. The van der Waals surface area contributed by atoms with Crippen LogP contribution in [0.15, 0.2) is 0 Å². The summed E-state index contributed by atoms with van der Waals surface area (Å²) >= 11 is 0. The van der Waals surface area contributed by atoms with Crippen LogP contribution in [0.1, 0.15) is 266 Å². The Kier molecular flexibility index (Phi) is 26.1. The molecule has 0 aliphatic heterocycles. The number of alkyl halides is 1. The third-order valence-corrected chi connectivity index (χ3v) is 15.1. The summed E-state index contributed by atoms with van der Waals surface area (Å²) in [5.41, 5.74) is 1.99. The van der Waals surface area contributed by atoms with Crippen molar-refractivity contribution < 1.29 is 4.39 Å². The lowest BCUT2D eigenvalue weighted by Gasteiger charge is -2.41. The van der Waals surface area contributed by atoms with Crippen LogP contribution in [-0.2, 0) is 0 Å². The lowest BCUT2D eigenvalue weighted by Crippen LogP contribution is -2.30. The monoisotopic (exact) mass is 803 g/mol. The molecule has 6 rings (SSSR count). The topological polar surface area (TPSA) is 0 Å². The van der Waals surface area contributed by atoms with Gasteiger partial charge in [0.2, 0.25) is 0 Å². The van der Waals surface area contributed by atoms with E-state index in [9.17, 15) is 4.39 Å². The van der Waals surface area contributed by atoms with Gasteiger partial charge in [-0.25, -0.2) is 4.39 Å². The predicted octanol–water partition coefficient (Wildman–Crippen LogP) is 19.6. The minimum atomic E-state index is -0.464. The molecule has 0 N–H and O–H groups in total. The van der Waals surface area contributed by atoms with Gasteiger partial charge in [0.25, 0.3) is 0 Å². The summed E-state index contributed by atoms with van der Waals surface area (Å²) in [4.78, 5) is 0. The zero-order chi connectivity index (χ0) is 43.6. The van der Waals surface area contributed by atoms with Crippen molar-refractivity contribution >= 4 is 0 Å². The second-order valence-electron chi connectivity index (χ2n) is 25.6. The molecule has 0 amide bonds. The molecule has 0 heterocycles. The molecule has 6 fully saturated rings. The van der Waals surface area contributed by atoms with Gasteiger partial charge < -0.3 is 0 Å². The molecule has 6 saturated carbocycles. The zero-order valence-electron chi connectivity index (χ0n) is 42.9. The van der Waals surface area contributed by atoms with Crippen LogP contribution in [-0.4, -0.2) is 6.17 Å². The van der Waals surface area contributed by atoms with Crippen LogP contribution in [0, 0.1) is 87.3 Å². The fraction of sp³-hybridized carbons (Fsp3) is 1.00. The molecule has 0 unspecified atom stereocenters. The molecule has 0 bridgehead atoms. The maximum atomic E-state index is 12.2. The Morgan fingerprint density at radius 1 is 0.509 bits per heavy atom. The molecule has 57 heavy (non-hydrogen) atoms. The van der Waals surface area contributed by atoms with Crippen molar-refractivity contribution in [2.75, 3.05) is 0 Å². The lowest BCUT2D eigenvalue weighted by molar-refractivity contribution is 0.0964. The highest BCUT2D eigenvalue weighted by Gasteiger charge is 2.38. The van der Waals surface area contributed by atoms with Crippen molar-refractivity contribution in [3.8, 4) is 0 Å². The van der Waals surface area contributed by atoms with Crippen LogP contribution in [0.3, 0.4) is 0 Å². The minimum Gasteiger partial charge on any atom is -0.247 e. The molecule has 6 aliphatic rings. The Hall–Kier alpha value is -0.0700. The Morgan fingerprint density at radius 3 is 1.16 bits per heavy atom. The van der Waals surface area contributed by atoms with Gasteiger partial charge in [-0.15, -0.1) is 0 Å². The first-order chi connectivity index (χ1) is 26.3. The van der Waals surface area contributed by atoms with Crippen LogP contribution in [0.5, 0.6) is 0 Å². The van der Waals surface area contributed by atoms with Gasteiger partial charge in [-0.3, -0.25) is 0 Å². The number of rotatable bonds is 13. The number of hydrogen-bond donors (Lipinski definition) is 0. The smallest absolute Gasteiger partial charge is 0.101 e. The molecule has 6 aliphatic carbocycles. The Balaban J connectivity index is 0.000000343. The van der Waals surface area contributed by atoms with Crippen molar-refractivity contribution in [2.24, 2.45) is 87.3 Å². The summed E-state index contributed by atoms with van der Waals surface area (Å²) in [6.45, 7) is 42.2. The van der Waals surface area contributed by atoms with Gasteiger partial charge in [-0.05, 0) is 184 Å². The largest absolute Gasteiger partial charge is 0.247 e. The highest BCUT2D eigenvalue weighted by atomic mass is 19.1. The van der Waals surface area contributed by atoms with E-state index in [0.29, 0.717) is 16.7 Å².